The summed E-state index contributed by atoms with van der Waals surface area (Å²) in [6.07, 6.45) is -2.62. The average molecular weight is 750 g/mol. The Morgan fingerprint density at radius 1 is 0.956 bits per heavy atom. The number of imide groups is 1. The number of hydrogen-bond donors (Lipinski definition) is 7. The monoisotopic (exact) mass is 749 g/mol. The number of benzene rings is 1. The number of carbonyl (C=O) groups is 5. The van der Waals surface area contributed by atoms with Gasteiger partial charge in [0.25, 0.3) is 0 Å². The quantitative estimate of drug-likeness (QED) is 0.0678. The molecule has 2 rings (SSSR count). The van der Waals surface area contributed by atoms with Crippen molar-refractivity contribution in [2.45, 2.75) is 88.6 Å². The van der Waals surface area contributed by atoms with E-state index < -0.39 is 66.2 Å². The molecular weight excluding hydrogens is 705 g/mol. The second-order valence-electron chi connectivity index (χ2n) is 10.6. The van der Waals surface area contributed by atoms with Gasteiger partial charge in [0.2, 0.25) is 29.5 Å². The predicted octanol–water partition coefficient (Wildman–Crippen LogP) is -0.893. The third kappa shape index (κ3) is 15.4. The van der Waals surface area contributed by atoms with Gasteiger partial charge in [0.15, 0.2) is 6.29 Å². The zero-order chi connectivity index (χ0) is 33.2. The van der Waals surface area contributed by atoms with Crippen molar-refractivity contribution in [1.29, 1.82) is 0 Å². The molecule has 1 aliphatic rings. The highest BCUT2D eigenvalue weighted by atomic mass is 127. The van der Waals surface area contributed by atoms with Crippen molar-refractivity contribution in [3.05, 3.63) is 35.9 Å². The van der Waals surface area contributed by atoms with E-state index in [4.69, 9.17) is 18.3 Å². The number of nitrogens with one attached hydrogen (secondary N) is 4. The van der Waals surface area contributed by atoms with Crippen LogP contribution in [0.4, 0.5) is 0 Å². The number of amides is 5. The normalized spacial score (nSPS) is 20.8. The Kier molecular flexibility index (Phi) is 18.1. The molecule has 1 aromatic carbocycles. The summed E-state index contributed by atoms with van der Waals surface area (Å²) in [5, 5.41) is 29.8. The van der Waals surface area contributed by atoms with Gasteiger partial charge in [-0.1, -0.05) is 30.3 Å². The smallest absolute Gasteiger partial charge is 0.243 e. The van der Waals surface area contributed by atoms with Gasteiger partial charge in [-0.2, -0.15) is 0 Å². The van der Waals surface area contributed by atoms with Crippen LogP contribution in [0.1, 0.15) is 51.0 Å². The molecule has 6 atom stereocenters. The van der Waals surface area contributed by atoms with E-state index in [0.29, 0.717) is 12.8 Å². The summed E-state index contributed by atoms with van der Waals surface area (Å²) in [6.45, 7) is 2.11. The van der Waals surface area contributed by atoms with E-state index in [1.807, 2.05) is 30.3 Å². The summed E-state index contributed by atoms with van der Waals surface area (Å²) in [7, 11) is 0. The number of carbonyl (C=O) groups excluding carboxylic acids is 5. The van der Waals surface area contributed by atoms with Crippen LogP contribution in [0.5, 0.6) is 0 Å². The maximum Gasteiger partial charge on any atom is 0.243 e. The molecule has 8 N–H and O–H groups in total. The zero-order valence-electron chi connectivity index (χ0n) is 25.2. The standard InChI is InChI=1S/C29H44IN5O10/c1-18-22(36)17-23(37)29(45-18)43-13-11-32-26(40)16-21(28(42)33-12-14-44-30)34-24(38)9-5-6-10-25(39)35-27(41)20(31)15-19-7-3-2-4-8-19/h2-4,7-8,18,20-23,29,36-37H,5-6,9-17,31H2,1H3,(H,32,40)(H,33,42)(H,34,38)(H,35,39,41)/t18-,20-,21?,22-,23-,29+/m0/s1. The molecular formula is C29H44IN5O10. The van der Waals surface area contributed by atoms with Crippen molar-refractivity contribution in [2.24, 2.45) is 5.73 Å². The van der Waals surface area contributed by atoms with Gasteiger partial charge in [0, 0.05) is 32.4 Å². The van der Waals surface area contributed by atoms with Gasteiger partial charge < -0.3 is 44.4 Å². The van der Waals surface area contributed by atoms with Crippen LogP contribution in [0.15, 0.2) is 30.3 Å². The molecule has 0 bridgehead atoms. The minimum atomic E-state index is -1.16. The van der Waals surface area contributed by atoms with E-state index >= 15 is 0 Å². The Hall–Kier alpha value is -2.74. The molecule has 1 unspecified atom stereocenters. The van der Waals surface area contributed by atoms with Crippen molar-refractivity contribution in [3.8, 4) is 0 Å². The summed E-state index contributed by atoms with van der Waals surface area (Å²) in [6, 6.07) is 7.15. The van der Waals surface area contributed by atoms with Crippen molar-refractivity contribution >= 4 is 52.5 Å². The molecule has 0 spiro atoms. The molecule has 16 heteroatoms. The van der Waals surface area contributed by atoms with Gasteiger partial charge in [-0.3, -0.25) is 29.3 Å². The van der Waals surface area contributed by atoms with Gasteiger partial charge in [-0.05, 0) is 31.7 Å². The van der Waals surface area contributed by atoms with E-state index in [1.54, 1.807) is 29.9 Å². The molecule has 15 nitrogen and oxygen atoms in total. The van der Waals surface area contributed by atoms with Crippen LogP contribution in [0.25, 0.3) is 0 Å². The van der Waals surface area contributed by atoms with Gasteiger partial charge in [-0.25, -0.2) is 0 Å². The molecule has 5 amide bonds. The Labute approximate surface area is 276 Å². The summed E-state index contributed by atoms with van der Waals surface area (Å²) < 4.78 is 15.8. The van der Waals surface area contributed by atoms with E-state index in [0.717, 1.165) is 5.56 Å². The van der Waals surface area contributed by atoms with E-state index in [1.165, 1.54) is 0 Å². The highest BCUT2D eigenvalue weighted by Gasteiger charge is 2.34. The van der Waals surface area contributed by atoms with Gasteiger partial charge in [0.05, 0.1) is 37.9 Å². The molecule has 1 aliphatic heterocycles. The number of nitrogens with two attached hydrogens (primary N) is 1. The molecule has 45 heavy (non-hydrogen) atoms. The summed E-state index contributed by atoms with van der Waals surface area (Å²) >= 11 is 1.68. The first kappa shape index (κ1) is 38.4. The lowest BCUT2D eigenvalue weighted by Crippen LogP contribution is -2.50. The fourth-order valence-electron chi connectivity index (χ4n) is 4.35. The number of halogens is 1. The number of aliphatic hydroxyl groups is 2. The van der Waals surface area contributed by atoms with E-state index in [2.05, 4.69) is 21.3 Å². The van der Waals surface area contributed by atoms with E-state index in [-0.39, 0.29) is 58.4 Å². The molecule has 1 fully saturated rings. The highest BCUT2D eigenvalue weighted by Crippen LogP contribution is 2.20. The molecule has 1 saturated heterocycles. The van der Waals surface area contributed by atoms with E-state index in [9.17, 15) is 34.2 Å². The van der Waals surface area contributed by atoms with Crippen LogP contribution in [-0.4, -0.2) is 103 Å². The zero-order valence-corrected chi connectivity index (χ0v) is 27.4. The summed E-state index contributed by atoms with van der Waals surface area (Å²) in [4.78, 5) is 62.2. The van der Waals surface area contributed by atoms with Crippen LogP contribution in [0, 0.1) is 0 Å². The van der Waals surface area contributed by atoms with Gasteiger partial charge in [0.1, 0.15) is 35.2 Å². The maximum atomic E-state index is 12.7. The first-order valence-electron chi connectivity index (χ1n) is 14.8. The minimum Gasteiger partial charge on any atom is -0.390 e. The minimum absolute atomic E-state index is 0.00416. The van der Waals surface area contributed by atoms with Crippen molar-refractivity contribution in [2.75, 3.05) is 26.3 Å². The number of ether oxygens (including phenoxy) is 2. The van der Waals surface area contributed by atoms with Crippen molar-refractivity contribution < 1.29 is 46.7 Å². The lowest BCUT2D eigenvalue weighted by atomic mass is 10.0. The number of rotatable bonds is 19. The topological polar surface area (TPSA) is 228 Å². The van der Waals surface area contributed by atoms with Crippen molar-refractivity contribution in [1.82, 2.24) is 21.3 Å². The predicted molar refractivity (Wildman–Crippen MR) is 169 cm³/mol. The van der Waals surface area contributed by atoms with Crippen LogP contribution >= 0.6 is 23.0 Å². The summed E-state index contributed by atoms with van der Waals surface area (Å²) in [5.74, 6) is -2.67. The first-order chi connectivity index (χ1) is 21.5. The van der Waals surface area contributed by atoms with Gasteiger partial charge in [-0.15, -0.1) is 0 Å². The second kappa shape index (κ2) is 21.1. The third-order valence-corrected chi connectivity index (χ3v) is 7.31. The molecule has 252 valence electrons. The Morgan fingerprint density at radius 3 is 2.31 bits per heavy atom. The number of hydrogen-bond acceptors (Lipinski definition) is 11. The molecule has 0 saturated carbocycles. The fourth-order valence-corrected chi connectivity index (χ4v) is 4.57. The lowest BCUT2D eigenvalue weighted by molar-refractivity contribution is -0.260. The maximum absolute atomic E-state index is 12.7. The third-order valence-electron chi connectivity index (χ3n) is 6.87. The summed E-state index contributed by atoms with van der Waals surface area (Å²) in [5.41, 5.74) is 6.77. The molecule has 0 aromatic heterocycles. The molecule has 0 radical (unpaired) electrons. The Balaban J connectivity index is 1.72. The number of aliphatic hydroxyl groups excluding tert-OH is 2. The van der Waals surface area contributed by atoms with Crippen LogP contribution in [0.3, 0.4) is 0 Å². The SMILES string of the molecule is C[C@@H]1O[C@@H](OCCNC(=O)CC(NC(=O)CCCCC(=O)NC(=O)[C@@H](N)Cc2ccccc2)C(=O)NCCOI)[C@@H](O)C[C@@H]1O. The first-order valence-corrected chi connectivity index (χ1v) is 15.7. The Morgan fingerprint density at radius 2 is 1.62 bits per heavy atom. The van der Waals surface area contributed by atoms with Crippen LogP contribution in [-0.2, 0) is 42.9 Å². The largest absolute Gasteiger partial charge is 0.390 e. The second-order valence-corrected chi connectivity index (χ2v) is 11.3. The van der Waals surface area contributed by atoms with Gasteiger partial charge >= 0.3 is 0 Å². The van der Waals surface area contributed by atoms with Crippen LogP contribution < -0.4 is 27.0 Å². The average Bonchev–Trinajstić information content (AvgIpc) is 3.00. The fraction of sp³-hybridized carbons (Fsp3) is 0.621. The van der Waals surface area contributed by atoms with Crippen LogP contribution in [0.2, 0.25) is 0 Å². The lowest BCUT2D eigenvalue weighted by Gasteiger charge is -2.35. The Bertz CT molecular complexity index is 1100. The van der Waals surface area contributed by atoms with Crippen molar-refractivity contribution in [3.63, 3.8) is 0 Å². The molecule has 1 aromatic rings. The molecule has 0 aliphatic carbocycles. The molecule has 1 heterocycles. The number of unbranched alkanes of at least 4 members (excludes halogenated alkanes) is 1. The highest BCUT2D eigenvalue weighted by molar-refractivity contribution is 14.1.